The highest BCUT2D eigenvalue weighted by Crippen LogP contribution is 2.13. The highest BCUT2D eigenvalue weighted by molar-refractivity contribution is 5.87. The van der Waals surface area contributed by atoms with E-state index in [9.17, 15) is 14.7 Å². The molecule has 4 N–H and O–H groups in total. The monoisotopic (exact) mass is 264 g/mol. The van der Waals surface area contributed by atoms with Gasteiger partial charge in [0, 0.05) is 0 Å². The molecule has 5 nitrogen and oxygen atoms in total. The minimum absolute atomic E-state index is 0.278. The number of hydrogen-bond acceptors (Lipinski definition) is 3. The summed E-state index contributed by atoms with van der Waals surface area (Å²) >= 11 is 0. The normalized spacial score (nSPS) is 13.9. The summed E-state index contributed by atoms with van der Waals surface area (Å²) in [4.78, 5) is 23.1. The van der Waals surface area contributed by atoms with E-state index in [2.05, 4.69) is 5.32 Å². The van der Waals surface area contributed by atoms with Crippen molar-refractivity contribution in [2.45, 2.75) is 32.4 Å². The standard InChI is InChI=1S/C14H20N2O3/c1-9(2)8-11(15)13(17)16-12(14(18)19)10-6-4-3-5-7-10/h3-7,9,11-12H,8,15H2,1-2H3,(H,16,17)(H,18,19)/t11?,12-/m0/s1. The maximum absolute atomic E-state index is 11.9. The quantitative estimate of drug-likeness (QED) is 0.722. The number of hydrogen-bond donors (Lipinski definition) is 3. The first-order valence-electron chi connectivity index (χ1n) is 6.25. The summed E-state index contributed by atoms with van der Waals surface area (Å²) in [6, 6.07) is 6.81. The molecule has 1 aromatic carbocycles. The summed E-state index contributed by atoms with van der Waals surface area (Å²) in [5.41, 5.74) is 6.27. The Kier molecular flexibility index (Phi) is 5.51. The van der Waals surface area contributed by atoms with Crippen LogP contribution in [-0.4, -0.2) is 23.0 Å². The Morgan fingerprint density at radius 3 is 2.32 bits per heavy atom. The van der Waals surface area contributed by atoms with Gasteiger partial charge in [-0.3, -0.25) is 4.79 Å². The van der Waals surface area contributed by atoms with E-state index < -0.39 is 24.0 Å². The van der Waals surface area contributed by atoms with Crippen LogP contribution in [0.25, 0.3) is 0 Å². The predicted octanol–water partition coefficient (Wildman–Crippen LogP) is 1.30. The Labute approximate surface area is 112 Å². The van der Waals surface area contributed by atoms with Crippen LogP contribution in [0.4, 0.5) is 0 Å². The molecule has 0 saturated carbocycles. The SMILES string of the molecule is CC(C)CC(N)C(=O)N[C@H](C(=O)O)c1ccccc1. The molecule has 0 fully saturated rings. The van der Waals surface area contributed by atoms with Gasteiger partial charge in [-0.05, 0) is 17.9 Å². The van der Waals surface area contributed by atoms with Crippen LogP contribution in [0, 0.1) is 5.92 Å². The van der Waals surface area contributed by atoms with E-state index in [1.807, 2.05) is 13.8 Å². The molecule has 0 aliphatic carbocycles. The second kappa shape index (κ2) is 6.89. The Balaban J connectivity index is 2.75. The largest absolute Gasteiger partial charge is 0.479 e. The van der Waals surface area contributed by atoms with Gasteiger partial charge in [0.25, 0.3) is 0 Å². The lowest BCUT2D eigenvalue weighted by molar-refractivity contribution is -0.142. The highest BCUT2D eigenvalue weighted by Gasteiger charge is 2.24. The maximum atomic E-state index is 11.9. The zero-order chi connectivity index (χ0) is 14.4. The second-order valence-electron chi connectivity index (χ2n) is 4.93. The second-order valence-corrected chi connectivity index (χ2v) is 4.93. The molecular formula is C14H20N2O3. The molecule has 0 saturated heterocycles. The van der Waals surface area contributed by atoms with Crippen LogP contribution < -0.4 is 11.1 Å². The van der Waals surface area contributed by atoms with Crippen molar-refractivity contribution < 1.29 is 14.7 Å². The van der Waals surface area contributed by atoms with E-state index in [0.717, 1.165) is 0 Å². The fourth-order valence-electron chi connectivity index (χ4n) is 1.80. The smallest absolute Gasteiger partial charge is 0.330 e. The van der Waals surface area contributed by atoms with Crippen LogP contribution in [0.3, 0.4) is 0 Å². The first-order valence-corrected chi connectivity index (χ1v) is 6.25. The lowest BCUT2D eigenvalue weighted by Gasteiger charge is -2.19. The topological polar surface area (TPSA) is 92.4 Å². The molecule has 0 aliphatic heterocycles. The zero-order valence-electron chi connectivity index (χ0n) is 11.2. The lowest BCUT2D eigenvalue weighted by atomic mass is 10.0. The number of nitrogens with one attached hydrogen (secondary N) is 1. The third-order valence-electron chi connectivity index (χ3n) is 2.73. The number of carbonyl (C=O) groups excluding carboxylic acids is 1. The fraction of sp³-hybridized carbons (Fsp3) is 0.429. The van der Waals surface area contributed by atoms with Crippen molar-refractivity contribution in [1.82, 2.24) is 5.32 Å². The van der Waals surface area contributed by atoms with Crippen LogP contribution >= 0.6 is 0 Å². The molecule has 1 aromatic rings. The minimum atomic E-state index is -1.10. The van der Waals surface area contributed by atoms with Crippen molar-refractivity contribution in [1.29, 1.82) is 0 Å². The molecule has 2 atom stereocenters. The third-order valence-corrected chi connectivity index (χ3v) is 2.73. The van der Waals surface area contributed by atoms with Crippen LogP contribution in [0.5, 0.6) is 0 Å². The molecule has 1 unspecified atom stereocenters. The van der Waals surface area contributed by atoms with Crippen LogP contribution in [0.2, 0.25) is 0 Å². The number of amides is 1. The third kappa shape index (κ3) is 4.71. The molecule has 1 amide bonds. The van der Waals surface area contributed by atoms with Crippen molar-refractivity contribution in [2.24, 2.45) is 11.7 Å². The van der Waals surface area contributed by atoms with E-state index in [1.165, 1.54) is 0 Å². The van der Waals surface area contributed by atoms with Crippen LogP contribution in [0.15, 0.2) is 30.3 Å². The summed E-state index contributed by atoms with van der Waals surface area (Å²) in [6.07, 6.45) is 0.521. The molecule has 0 aliphatic rings. The van der Waals surface area contributed by atoms with Gasteiger partial charge in [0.15, 0.2) is 6.04 Å². The summed E-state index contributed by atoms with van der Waals surface area (Å²) in [6.45, 7) is 3.91. The first-order chi connectivity index (χ1) is 8.91. The van der Waals surface area contributed by atoms with E-state index in [-0.39, 0.29) is 5.92 Å². The number of rotatable bonds is 6. The van der Waals surface area contributed by atoms with Gasteiger partial charge in [-0.15, -0.1) is 0 Å². The van der Waals surface area contributed by atoms with E-state index in [1.54, 1.807) is 30.3 Å². The number of aliphatic carboxylic acids is 1. The van der Waals surface area contributed by atoms with Gasteiger partial charge in [-0.25, -0.2) is 4.79 Å². The average Bonchev–Trinajstić information content (AvgIpc) is 2.35. The van der Waals surface area contributed by atoms with Gasteiger partial charge < -0.3 is 16.2 Å². The molecule has 0 radical (unpaired) electrons. The summed E-state index contributed by atoms with van der Waals surface area (Å²) in [5.74, 6) is -1.26. The zero-order valence-corrected chi connectivity index (χ0v) is 11.2. The minimum Gasteiger partial charge on any atom is -0.479 e. The molecule has 19 heavy (non-hydrogen) atoms. The molecular weight excluding hydrogens is 244 g/mol. The van der Waals surface area contributed by atoms with Gasteiger partial charge in [0.2, 0.25) is 5.91 Å². The van der Waals surface area contributed by atoms with Gasteiger partial charge in [-0.1, -0.05) is 44.2 Å². The predicted molar refractivity (Wildman–Crippen MR) is 72.4 cm³/mol. The molecule has 1 rings (SSSR count). The van der Waals surface area contributed by atoms with E-state index >= 15 is 0 Å². The summed E-state index contributed by atoms with van der Waals surface area (Å²) in [5, 5.41) is 11.7. The Morgan fingerprint density at radius 2 is 1.84 bits per heavy atom. The first kappa shape index (κ1) is 15.2. The molecule has 104 valence electrons. The van der Waals surface area contributed by atoms with Crippen molar-refractivity contribution in [2.75, 3.05) is 0 Å². The average molecular weight is 264 g/mol. The number of nitrogens with two attached hydrogens (primary N) is 1. The van der Waals surface area contributed by atoms with Crippen LogP contribution in [-0.2, 0) is 9.59 Å². The van der Waals surface area contributed by atoms with Gasteiger partial charge >= 0.3 is 5.97 Å². The molecule has 0 heterocycles. The Morgan fingerprint density at radius 1 is 1.26 bits per heavy atom. The van der Waals surface area contributed by atoms with Gasteiger partial charge in [0.1, 0.15) is 0 Å². The highest BCUT2D eigenvalue weighted by atomic mass is 16.4. The van der Waals surface area contributed by atoms with Gasteiger partial charge in [0.05, 0.1) is 6.04 Å². The number of carboxylic acids is 1. The van der Waals surface area contributed by atoms with Crippen molar-refractivity contribution in [3.05, 3.63) is 35.9 Å². The number of carboxylic acid groups (broad SMARTS) is 1. The fourth-order valence-corrected chi connectivity index (χ4v) is 1.80. The van der Waals surface area contributed by atoms with E-state index in [4.69, 9.17) is 5.73 Å². The molecule has 0 spiro atoms. The van der Waals surface area contributed by atoms with Crippen molar-refractivity contribution in [3.8, 4) is 0 Å². The molecule has 5 heteroatoms. The van der Waals surface area contributed by atoms with Gasteiger partial charge in [-0.2, -0.15) is 0 Å². The van der Waals surface area contributed by atoms with Crippen LogP contribution in [0.1, 0.15) is 31.9 Å². The van der Waals surface area contributed by atoms with E-state index in [0.29, 0.717) is 12.0 Å². The maximum Gasteiger partial charge on any atom is 0.330 e. The summed E-state index contributed by atoms with van der Waals surface area (Å²) < 4.78 is 0. The van der Waals surface area contributed by atoms with Crippen molar-refractivity contribution >= 4 is 11.9 Å². The number of benzene rings is 1. The molecule has 0 aromatic heterocycles. The van der Waals surface area contributed by atoms with Crippen molar-refractivity contribution in [3.63, 3.8) is 0 Å². The number of carbonyl (C=O) groups is 2. The summed E-state index contributed by atoms with van der Waals surface area (Å²) in [7, 11) is 0. The lowest BCUT2D eigenvalue weighted by Crippen LogP contribution is -2.44. The Hall–Kier alpha value is -1.88. The Bertz CT molecular complexity index is 432. The molecule has 0 bridgehead atoms.